The van der Waals surface area contributed by atoms with Crippen LogP contribution >= 0.6 is 0 Å². The Balaban J connectivity index is 3.10. The van der Waals surface area contributed by atoms with Crippen molar-refractivity contribution < 1.29 is 23.9 Å². The van der Waals surface area contributed by atoms with Crippen molar-refractivity contribution >= 4 is 17.8 Å². The number of esters is 1. The van der Waals surface area contributed by atoms with Crippen molar-refractivity contribution in [2.24, 2.45) is 5.41 Å². The zero-order valence-corrected chi connectivity index (χ0v) is 14.2. The summed E-state index contributed by atoms with van der Waals surface area (Å²) in [5.74, 6) is -0.694. The average molecular weight is 311 g/mol. The Morgan fingerprint density at radius 1 is 1.32 bits per heavy atom. The average Bonchev–Trinajstić information content (AvgIpc) is 2.45. The third kappa shape index (κ3) is 4.86. The fourth-order valence-electron chi connectivity index (χ4n) is 1.99. The van der Waals surface area contributed by atoms with Crippen LogP contribution in [0.15, 0.2) is 11.8 Å². The van der Waals surface area contributed by atoms with E-state index in [1.54, 1.807) is 41.5 Å². The predicted octanol–water partition coefficient (Wildman–Crippen LogP) is 2.67. The van der Waals surface area contributed by atoms with Gasteiger partial charge in [0.2, 0.25) is 0 Å². The van der Waals surface area contributed by atoms with E-state index in [1.165, 1.54) is 11.1 Å². The molecule has 0 aromatic carbocycles. The van der Waals surface area contributed by atoms with Crippen molar-refractivity contribution in [3.63, 3.8) is 0 Å². The van der Waals surface area contributed by atoms with Crippen LogP contribution in [-0.4, -0.2) is 41.5 Å². The molecule has 0 saturated carbocycles. The number of carbonyl (C=O) groups excluding carboxylic acids is 3. The summed E-state index contributed by atoms with van der Waals surface area (Å²) in [7, 11) is 0. The van der Waals surface area contributed by atoms with E-state index in [-0.39, 0.29) is 30.9 Å². The van der Waals surface area contributed by atoms with Crippen LogP contribution in [0.5, 0.6) is 0 Å². The van der Waals surface area contributed by atoms with Crippen molar-refractivity contribution in [3.05, 3.63) is 11.8 Å². The Labute approximate surface area is 131 Å². The van der Waals surface area contributed by atoms with Gasteiger partial charge in [0.05, 0.1) is 12.2 Å². The number of carbonyl (C=O) groups is 3. The smallest absolute Gasteiger partial charge is 0.414 e. The van der Waals surface area contributed by atoms with Gasteiger partial charge in [-0.2, -0.15) is 0 Å². The first-order valence-electron chi connectivity index (χ1n) is 7.37. The van der Waals surface area contributed by atoms with Gasteiger partial charge in [0.25, 0.3) is 0 Å². The molecule has 0 aromatic rings. The summed E-state index contributed by atoms with van der Waals surface area (Å²) in [4.78, 5) is 37.8. The highest BCUT2D eigenvalue weighted by atomic mass is 16.6. The van der Waals surface area contributed by atoms with Crippen LogP contribution < -0.4 is 0 Å². The van der Waals surface area contributed by atoms with Gasteiger partial charge in [-0.3, -0.25) is 9.69 Å². The summed E-state index contributed by atoms with van der Waals surface area (Å²) >= 11 is 0. The number of nitrogens with zero attached hydrogens (tertiary/aromatic N) is 1. The highest BCUT2D eigenvalue weighted by Gasteiger charge is 2.37. The number of rotatable bonds is 2. The van der Waals surface area contributed by atoms with Crippen LogP contribution in [0.3, 0.4) is 0 Å². The van der Waals surface area contributed by atoms with E-state index in [2.05, 4.69) is 0 Å². The van der Waals surface area contributed by atoms with Gasteiger partial charge in [-0.15, -0.1) is 0 Å². The predicted molar refractivity (Wildman–Crippen MR) is 81.1 cm³/mol. The largest absolute Gasteiger partial charge is 0.463 e. The maximum absolute atomic E-state index is 12.3. The lowest BCUT2D eigenvalue weighted by Gasteiger charge is -2.29. The van der Waals surface area contributed by atoms with Crippen molar-refractivity contribution in [2.45, 2.75) is 53.6 Å². The SMILES string of the molecule is CCOC(=O)C1=CN(C(=O)OC(C)(C)C)CC(C)(C)C(=O)C1. The van der Waals surface area contributed by atoms with E-state index in [1.807, 2.05) is 0 Å². The molecule has 1 amide bonds. The summed E-state index contributed by atoms with van der Waals surface area (Å²) in [6.07, 6.45) is 0.737. The summed E-state index contributed by atoms with van der Waals surface area (Å²) in [5.41, 5.74) is -1.25. The lowest BCUT2D eigenvalue weighted by molar-refractivity contribution is -0.139. The molecular formula is C16H25NO5. The molecule has 0 radical (unpaired) electrons. The fourth-order valence-corrected chi connectivity index (χ4v) is 1.99. The molecule has 0 aliphatic carbocycles. The minimum Gasteiger partial charge on any atom is -0.463 e. The lowest BCUT2D eigenvalue weighted by Crippen LogP contribution is -2.40. The molecule has 6 heteroatoms. The van der Waals surface area contributed by atoms with E-state index in [9.17, 15) is 14.4 Å². The Bertz CT molecular complexity index is 499. The molecule has 0 unspecified atom stereocenters. The molecule has 0 spiro atoms. The molecule has 1 aliphatic heterocycles. The third-order valence-electron chi connectivity index (χ3n) is 3.15. The normalized spacial score (nSPS) is 18.4. The molecule has 0 saturated heterocycles. The minimum atomic E-state index is -0.762. The van der Waals surface area contributed by atoms with Gasteiger partial charge >= 0.3 is 12.1 Å². The Kier molecular flexibility index (Phi) is 5.38. The van der Waals surface area contributed by atoms with Crippen LogP contribution in [-0.2, 0) is 19.1 Å². The van der Waals surface area contributed by atoms with Crippen molar-refractivity contribution in [1.29, 1.82) is 0 Å². The summed E-state index contributed by atoms with van der Waals surface area (Å²) < 4.78 is 10.3. The Morgan fingerprint density at radius 2 is 1.91 bits per heavy atom. The number of hydrogen-bond donors (Lipinski definition) is 0. The van der Waals surface area contributed by atoms with E-state index < -0.39 is 23.1 Å². The van der Waals surface area contributed by atoms with Crippen LogP contribution in [0.25, 0.3) is 0 Å². The first-order chi connectivity index (χ1) is 9.96. The number of Topliss-reactive ketones (excluding diaryl/α,β-unsaturated/α-hetero) is 1. The van der Waals surface area contributed by atoms with Crippen molar-refractivity contribution in [3.8, 4) is 0 Å². The number of hydrogen-bond acceptors (Lipinski definition) is 5. The van der Waals surface area contributed by atoms with Crippen LogP contribution in [0.1, 0.15) is 48.0 Å². The second kappa shape index (κ2) is 6.50. The third-order valence-corrected chi connectivity index (χ3v) is 3.15. The standard InChI is InChI=1S/C16H25NO5/c1-7-21-13(19)11-8-12(18)16(5,6)10-17(9-11)14(20)22-15(2,3)4/h9H,7-8,10H2,1-6H3. The van der Waals surface area contributed by atoms with Gasteiger partial charge in [-0.1, -0.05) is 13.8 Å². The number of amides is 1. The second-order valence-electron chi connectivity index (χ2n) is 6.97. The maximum Gasteiger partial charge on any atom is 0.414 e. The van der Waals surface area contributed by atoms with Gasteiger partial charge in [0.1, 0.15) is 11.4 Å². The fraction of sp³-hybridized carbons (Fsp3) is 0.688. The Hall–Kier alpha value is -1.85. The van der Waals surface area contributed by atoms with Gasteiger partial charge in [-0.25, -0.2) is 9.59 Å². The number of ether oxygens (including phenoxy) is 2. The van der Waals surface area contributed by atoms with Crippen LogP contribution in [0.4, 0.5) is 4.79 Å². The summed E-state index contributed by atoms with van der Waals surface area (Å²) in [6, 6.07) is 0. The quantitative estimate of drug-likeness (QED) is 0.733. The van der Waals surface area contributed by atoms with E-state index in [0.29, 0.717) is 0 Å². The highest BCUT2D eigenvalue weighted by molar-refractivity contribution is 5.98. The first-order valence-corrected chi connectivity index (χ1v) is 7.37. The molecule has 0 N–H and O–H groups in total. The van der Waals surface area contributed by atoms with Gasteiger partial charge in [0.15, 0.2) is 0 Å². The molecule has 0 bridgehead atoms. The van der Waals surface area contributed by atoms with Crippen LogP contribution in [0, 0.1) is 5.41 Å². The highest BCUT2D eigenvalue weighted by Crippen LogP contribution is 2.28. The van der Waals surface area contributed by atoms with Gasteiger partial charge < -0.3 is 9.47 Å². The summed E-state index contributed by atoms with van der Waals surface area (Å²) in [5, 5.41) is 0. The molecule has 0 fully saturated rings. The molecule has 1 heterocycles. The number of ketones is 1. The molecule has 1 aliphatic rings. The van der Waals surface area contributed by atoms with E-state index in [4.69, 9.17) is 9.47 Å². The lowest BCUT2D eigenvalue weighted by atomic mass is 9.85. The van der Waals surface area contributed by atoms with Gasteiger partial charge in [0, 0.05) is 24.6 Å². The van der Waals surface area contributed by atoms with Gasteiger partial charge in [-0.05, 0) is 27.7 Å². The topological polar surface area (TPSA) is 72.9 Å². The van der Waals surface area contributed by atoms with Crippen molar-refractivity contribution in [2.75, 3.05) is 13.2 Å². The van der Waals surface area contributed by atoms with Crippen LogP contribution in [0.2, 0.25) is 0 Å². The van der Waals surface area contributed by atoms with Crippen molar-refractivity contribution in [1.82, 2.24) is 4.90 Å². The van der Waals surface area contributed by atoms with E-state index in [0.717, 1.165) is 0 Å². The molecule has 6 nitrogen and oxygen atoms in total. The molecule has 0 atom stereocenters. The second-order valence-corrected chi connectivity index (χ2v) is 6.97. The molecule has 0 aromatic heterocycles. The minimum absolute atomic E-state index is 0.0505. The Morgan fingerprint density at radius 3 is 2.41 bits per heavy atom. The zero-order chi connectivity index (χ0) is 17.1. The molecule has 22 heavy (non-hydrogen) atoms. The maximum atomic E-state index is 12.3. The first kappa shape index (κ1) is 18.2. The molecular weight excluding hydrogens is 286 g/mol. The molecule has 1 rings (SSSR count). The monoisotopic (exact) mass is 311 g/mol. The molecule has 124 valence electrons. The zero-order valence-electron chi connectivity index (χ0n) is 14.2. The van der Waals surface area contributed by atoms with E-state index >= 15 is 0 Å². The summed E-state index contributed by atoms with van der Waals surface area (Å²) in [6.45, 7) is 10.8.